The lowest BCUT2D eigenvalue weighted by Gasteiger charge is -2.41. The molecule has 0 atom stereocenters. The molecule has 0 aliphatic carbocycles. The van der Waals surface area contributed by atoms with Crippen LogP contribution in [0.2, 0.25) is 0 Å². The molecule has 3 N–H and O–H groups in total. The van der Waals surface area contributed by atoms with Crippen LogP contribution in [-0.4, -0.2) is 23.5 Å². The Morgan fingerprint density at radius 1 is 0.905 bits per heavy atom. The van der Waals surface area contributed by atoms with E-state index in [1.165, 1.54) is 11.1 Å². The first-order chi connectivity index (χ1) is 10.2. The van der Waals surface area contributed by atoms with Gasteiger partial charge < -0.3 is 5.73 Å². The number of quaternary nitrogens is 1. The fourth-order valence-electron chi connectivity index (χ4n) is 3.10. The lowest BCUT2D eigenvalue weighted by Crippen LogP contribution is -2.58. The van der Waals surface area contributed by atoms with Crippen LogP contribution in [0, 0.1) is 5.41 Å². The summed E-state index contributed by atoms with van der Waals surface area (Å²) in [5.74, 6) is 0.220. The third-order valence-corrected chi connectivity index (χ3v) is 4.33. The minimum absolute atomic E-state index is 0.0555. The van der Waals surface area contributed by atoms with Gasteiger partial charge in [-0.3, -0.25) is 4.48 Å². The number of guanidine groups is 1. The Balaban J connectivity index is 2.64. The van der Waals surface area contributed by atoms with Crippen molar-refractivity contribution in [3.8, 4) is 0 Å². The minimum atomic E-state index is 0.0555. The SMILES string of the molecule is CC[N+](CC)(C(=N)N)C(c1ccccc1)c1ccccc1. The second-order valence-corrected chi connectivity index (χ2v) is 5.28. The molecule has 0 aromatic heterocycles. The third-order valence-electron chi connectivity index (χ3n) is 4.33. The molecule has 0 heterocycles. The molecule has 21 heavy (non-hydrogen) atoms. The summed E-state index contributed by atoms with van der Waals surface area (Å²) < 4.78 is 0.452. The molecule has 0 aliphatic rings. The van der Waals surface area contributed by atoms with Crippen molar-refractivity contribution >= 4 is 5.96 Å². The van der Waals surface area contributed by atoms with Crippen LogP contribution in [0.15, 0.2) is 60.7 Å². The van der Waals surface area contributed by atoms with E-state index in [1.807, 2.05) is 36.4 Å². The van der Waals surface area contributed by atoms with Crippen molar-refractivity contribution in [3.05, 3.63) is 71.8 Å². The van der Waals surface area contributed by atoms with Gasteiger partial charge in [-0.1, -0.05) is 60.7 Å². The van der Waals surface area contributed by atoms with E-state index in [9.17, 15) is 0 Å². The Morgan fingerprint density at radius 3 is 1.57 bits per heavy atom. The maximum Gasteiger partial charge on any atom is 0.292 e. The molecule has 0 unspecified atom stereocenters. The van der Waals surface area contributed by atoms with Crippen LogP contribution in [0.3, 0.4) is 0 Å². The van der Waals surface area contributed by atoms with Crippen LogP contribution in [-0.2, 0) is 0 Å². The fourth-order valence-corrected chi connectivity index (χ4v) is 3.10. The highest BCUT2D eigenvalue weighted by Crippen LogP contribution is 2.34. The maximum absolute atomic E-state index is 8.18. The zero-order chi connectivity index (χ0) is 15.3. The Labute approximate surface area is 127 Å². The monoisotopic (exact) mass is 282 g/mol. The largest absolute Gasteiger partial charge is 0.338 e. The fraction of sp³-hybridized carbons (Fsp3) is 0.278. The summed E-state index contributed by atoms with van der Waals surface area (Å²) in [7, 11) is 0. The molecule has 0 fully saturated rings. The third kappa shape index (κ3) is 2.83. The van der Waals surface area contributed by atoms with Crippen molar-refractivity contribution < 1.29 is 4.48 Å². The van der Waals surface area contributed by atoms with E-state index in [0.29, 0.717) is 4.48 Å². The summed E-state index contributed by atoms with van der Waals surface area (Å²) in [6.07, 6.45) is 0. The summed E-state index contributed by atoms with van der Waals surface area (Å²) in [6, 6.07) is 20.8. The average molecular weight is 282 g/mol. The number of rotatable bonds is 5. The van der Waals surface area contributed by atoms with Gasteiger partial charge in [-0.2, -0.15) is 0 Å². The predicted octanol–water partition coefficient (Wildman–Crippen LogP) is 3.53. The summed E-state index contributed by atoms with van der Waals surface area (Å²) in [5, 5.41) is 8.18. The van der Waals surface area contributed by atoms with Gasteiger partial charge >= 0.3 is 0 Å². The highest BCUT2D eigenvalue weighted by atomic mass is 15.4. The standard InChI is InChI=1S/C18H24N3/c1-3-21(4-2,18(19)20)17(15-11-7-5-8-12-15)16-13-9-6-10-14-16/h5-14,17H,3-4H2,1-2H3,(H3,19,20)/q+1. The Bertz CT molecular complexity index is 534. The molecule has 3 nitrogen and oxygen atoms in total. The first-order valence-corrected chi connectivity index (χ1v) is 7.47. The predicted molar refractivity (Wildman–Crippen MR) is 88.0 cm³/mol. The zero-order valence-electron chi connectivity index (χ0n) is 12.8. The second-order valence-electron chi connectivity index (χ2n) is 5.28. The topological polar surface area (TPSA) is 49.9 Å². The molecular formula is C18H24N3+. The minimum Gasteiger partial charge on any atom is -0.338 e. The molecule has 2 aromatic carbocycles. The van der Waals surface area contributed by atoms with E-state index in [2.05, 4.69) is 38.1 Å². The van der Waals surface area contributed by atoms with Gasteiger partial charge in [0.05, 0.1) is 13.1 Å². The van der Waals surface area contributed by atoms with Crippen LogP contribution in [0.1, 0.15) is 31.0 Å². The van der Waals surface area contributed by atoms with Gasteiger partial charge in [-0.15, -0.1) is 0 Å². The molecule has 0 spiro atoms. The van der Waals surface area contributed by atoms with Crippen LogP contribution in [0.4, 0.5) is 0 Å². The number of hydrogen-bond acceptors (Lipinski definition) is 1. The van der Waals surface area contributed by atoms with Crippen molar-refractivity contribution in [1.29, 1.82) is 5.41 Å². The maximum atomic E-state index is 8.18. The van der Waals surface area contributed by atoms with Crippen molar-refractivity contribution in [2.75, 3.05) is 13.1 Å². The molecule has 0 amide bonds. The second kappa shape index (κ2) is 6.55. The summed E-state index contributed by atoms with van der Waals surface area (Å²) >= 11 is 0. The quantitative estimate of drug-likeness (QED) is 0.492. The van der Waals surface area contributed by atoms with Gasteiger partial charge in [0.25, 0.3) is 5.96 Å². The lowest BCUT2D eigenvalue weighted by atomic mass is 9.94. The van der Waals surface area contributed by atoms with Crippen LogP contribution in [0.25, 0.3) is 0 Å². The average Bonchev–Trinajstić information content (AvgIpc) is 2.54. The highest BCUT2D eigenvalue weighted by molar-refractivity contribution is 5.68. The molecule has 0 bridgehead atoms. The Hall–Kier alpha value is -2.13. The van der Waals surface area contributed by atoms with Crippen LogP contribution in [0.5, 0.6) is 0 Å². The number of nitrogens with zero attached hydrogens (tertiary/aromatic N) is 1. The Kier molecular flexibility index (Phi) is 4.76. The van der Waals surface area contributed by atoms with Crippen LogP contribution >= 0.6 is 0 Å². The van der Waals surface area contributed by atoms with Crippen molar-refractivity contribution in [3.63, 3.8) is 0 Å². The molecule has 110 valence electrons. The van der Waals surface area contributed by atoms with Crippen molar-refractivity contribution in [2.45, 2.75) is 19.9 Å². The number of nitrogens with two attached hydrogens (primary N) is 1. The molecule has 3 heteroatoms. The molecule has 0 saturated carbocycles. The molecule has 0 aliphatic heterocycles. The highest BCUT2D eigenvalue weighted by Gasteiger charge is 2.39. The van der Waals surface area contributed by atoms with E-state index in [4.69, 9.17) is 11.1 Å². The summed E-state index contributed by atoms with van der Waals surface area (Å²) in [5.41, 5.74) is 8.42. The molecule has 0 radical (unpaired) electrons. The first kappa shape index (κ1) is 15.3. The smallest absolute Gasteiger partial charge is 0.292 e. The van der Waals surface area contributed by atoms with Gasteiger partial charge in [0, 0.05) is 11.1 Å². The Morgan fingerprint density at radius 2 is 1.29 bits per heavy atom. The molecular weight excluding hydrogens is 258 g/mol. The van der Waals surface area contributed by atoms with Gasteiger partial charge in [0.2, 0.25) is 0 Å². The van der Waals surface area contributed by atoms with Gasteiger partial charge in [-0.25, -0.2) is 5.41 Å². The first-order valence-electron chi connectivity index (χ1n) is 7.47. The van der Waals surface area contributed by atoms with Gasteiger partial charge in [-0.05, 0) is 13.8 Å². The van der Waals surface area contributed by atoms with Gasteiger partial charge in [0.1, 0.15) is 6.04 Å². The van der Waals surface area contributed by atoms with E-state index >= 15 is 0 Å². The van der Waals surface area contributed by atoms with Crippen LogP contribution < -0.4 is 5.73 Å². The summed E-state index contributed by atoms with van der Waals surface area (Å²) in [6.45, 7) is 5.79. The summed E-state index contributed by atoms with van der Waals surface area (Å²) in [4.78, 5) is 0. The van der Waals surface area contributed by atoms with E-state index in [0.717, 1.165) is 13.1 Å². The van der Waals surface area contributed by atoms with Crippen molar-refractivity contribution in [2.24, 2.45) is 5.73 Å². The van der Waals surface area contributed by atoms with E-state index < -0.39 is 0 Å². The van der Waals surface area contributed by atoms with E-state index in [1.54, 1.807) is 0 Å². The molecule has 0 saturated heterocycles. The normalized spacial score (nSPS) is 11.6. The lowest BCUT2D eigenvalue weighted by molar-refractivity contribution is -0.866. The van der Waals surface area contributed by atoms with E-state index in [-0.39, 0.29) is 12.0 Å². The van der Waals surface area contributed by atoms with Gasteiger partial charge in [0.15, 0.2) is 0 Å². The molecule has 2 aromatic rings. The number of nitrogens with one attached hydrogen (secondary N) is 1. The van der Waals surface area contributed by atoms with Crippen molar-refractivity contribution in [1.82, 2.24) is 0 Å². The number of hydrogen-bond donors (Lipinski definition) is 2. The number of benzene rings is 2. The molecule has 2 rings (SSSR count). The zero-order valence-corrected chi connectivity index (χ0v) is 12.8.